The van der Waals surface area contributed by atoms with Crippen LogP contribution in [0.25, 0.3) is 0 Å². The van der Waals surface area contributed by atoms with Gasteiger partial charge in [0.1, 0.15) is 0 Å². The minimum atomic E-state index is 0.622. The van der Waals surface area contributed by atoms with Gasteiger partial charge in [-0.15, -0.1) is 11.6 Å². The standard InChI is InChI=1S/C13H19ClO2/c1-3-11-6-7-12(16-9-5-8-14)13(10-11)15-4-2/h6-7,10H,3-5,8-9H2,1-2H3. The van der Waals surface area contributed by atoms with Crippen LogP contribution in [-0.2, 0) is 6.42 Å². The van der Waals surface area contributed by atoms with Crippen molar-refractivity contribution in [3.63, 3.8) is 0 Å². The highest BCUT2D eigenvalue weighted by molar-refractivity contribution is 6.17. The van der Waals surface area contributed by atoms with Crippen LogP contribution in [-0.4, -0.2) is 19.1 Å². The first kappa shape index (κ1) is 13.2. The molecule has 90 valence electrons. The minimum absolute atomic E-state index is 0.622. The van der Waals surface area contributed by atoms with E-state index in [1.807, 2.05) is 19.1 Å². The van der Waals surface area contributed by atoms with Crippen molar-refractivity contribution in [1.82, 2.24) is 0 Å². The number of aryl methyl sites for hydroxylation is 1. The van der Waals surface area contributed by atoms with Gasteiger partial charge in [0.2, 0.25) is 0 Å². The predicted octanol–water partition coefficient (Wildman–Crippen LogP) is 3.66. The van der Waals surface area contributed by atoms with Crippen LogP contribution in [0.15, 0.2) is 18.2 Å². The lowest BCUT2D eigenvalue weighted by Crippen LogP contribution is -2.01. The van der Waals surface area contributed by atoms with Crippen LogP contribution in [0.1, 0.15) is 25.8 Å². The maximum absolute atomic E-state index is 5.62. The second kappa shape index (κ2) is 7.39. The average molecular weight is 243 g/mol. The Morgan fingerprint density at radius 1 is 1.12 bits per heavy atom. The van der Waals surface area contributed by atoms with E-state index in [9.17, 15) is 0 Å². The van der Waals surface area contributed by atoms with Gasteiger partial charge in [-0.2, -0.15) is 0 Å². The van der Waals surface area contributed by atoms with Gasteiger partial charge in [-0.05, 0) is 37.5 Å². The first-order valence-corrected chi connectivity index (χ1v) is 6.29. The van der Waals surface area contributed by atoms with Crippen LogP contribution in [0.3, 0.4) is 0 Å². The van der Waals surface area contributed by atoms with E-state index in [1.54, 1.807) is 0 Å². The molecule has 0 aliphatic rings. The molecule has 2 nitrogen and oxygen atoms in total. The molecule has 0 unspecified atom stereocenters. The van der Waals surface area contributed by atoms with E-state index < -0.39 is 0 Å². The fraction of sp³-hybridized carbons (Fsp3) is 0.538. The van der Waals surface area contributed by atoms with Crippen molar-refractivity contribution >= 4 is 11.6 Å². The Bertz CT molecular complexity index is 313. The normalized spacial score (nSPS) is 10.2. The van der Waals surface area contributed by atoms with Gasteiger partial charge in [0.05, 0.1) is 13.2 Å². The van der Waals surface area contributed by atoms with Crippen molar-refractivity contribution in [2.24, 2.45) is 0 Å². The summed E-state index contributed by atoms with van der Waals surface area (Å²) in [7, 11) is 0. The van der Waals surface area contributed by atoms with E-state index in [0.29, 0.717) is 19.1 Å². The van der Waals surface area contributed by atoms with E-state index in [4.69, 9.17) is 21.1 Å². The van der Waals surface area contributed by atoms with Crippen LogP contribution < -0.4 is 9.47 Å². The molecule has 0 atom stereocenters. The highest BCUT2D eigenvalue weighted by atomic mass is 35.5. The van der Waals surface area contributed by atoms with Crippen molar-refractivity contribution in [1.29, 1.82) is 0 Å². The van der Waals surface area contributed by atoms with Crippen LogP contribution in [0.4, 0.5) is 0 Å². The predicted molar refractivity (Wildman–Crippen MR) is 67.8 cm³/mol. The summed E-state index contributed by atoms with van der Waals surface area (Å²) in [4.78, 5) is 0. The van der Waals surface area contributed by atoms with Crippen molar-refractivity contribution in [3.8, 4) is 11.5 Å². The molecule has 0 N–H and O–H groups in total. The van der Waals surface area contributed by atoms with E-state index in [1.165, 1.54) is 5.56 Å². The molecule has 0 saturated carbocycles. The second-order valence-corrected chi connectivity index (χ2v) is 3.84. The van der Waals surface area contributed by atoms with Gasteiger partial charge in [-0.3, -0.25) is 0 Å². The fourth-order valence-electron chi connectivity index (χ4n) is 1.40. The summed E-state index contributed by atoms with van der Waals surface area (Å²) in [6, 6.07) is 6.08. The first-order valence-electron chi connectivity index (χ1n) is 5.76. The molecule has 16 heavy (non-hydrogen) atoms. The Morgan fingerprint density at radius 2 is 1.94 bits per heavy atom. The van der Waals surface area contributed by atoms with Crippen LogP contribution in [0.2, 0.25) is 0 Å². The maximum Gasteiger partial charge on any atom is 0.161 e. The number of ether oxygens (including phenoxy) is 2. The zero-order valence-corrected chi connectivity index (χ0v) is 10.7. The van der Waals surface area contributed by atoms with Crippen LogP contribution in [0.5, 0.6) is 11.5 Å². The number of hydrogen-bond acceptors (Lipinski definition) is 2. The highest BCUT2D eigenvalue weighted by Gasteiger charge is 2.05. The Labute approximate surface area is 103 Å². The van der Waals surface area contributed by atoms with Gasteiger partial charge in [0, 0.05) is 5.88 Å². The molecule has 0 aromatic heterocycles. The van der Waals surface area contributed by atoms with Gasteiger partial charge in [-0.25, -0.2) is 0 Å². The molecule has 0 fully saturated rings. The molecule has 0 bridgehead atoms. The minimum Gasteiger partial charge on any atom is -0.490 e. The van der Waals surface area contributed by atoms with E-state index in [-0.39, 0.29) is 0 Å². The number of hydrogen-bond donors (Lipinski definition) is 0. The van der Waals surface area contributed by atoms with E-state index >= 15 is 0 Å². The van der Waals surface area contributed by atoms with Crippen LogP contribution >= 0.6 is 11.6 Å². The lowest BCUT2D eigenvalue weighted by atomic mass is 10.1. The van der Waals surface area contributed by atoms with Gasteiger partial charge < -0.3 is 9.47 Å². The number of halogens is 1. The van der Waals surface area contributed by atoms with Crippen molar-refractivity contribution < 1.29 is 9.47 Å². The fourth-order valence-corrected chi connectivity index (χ4v) is 1.51. The summed E-state index contributed by atoms with van der Waals surface area (Å²) < 4.78 is 11.2. The van der Waals surface area contributed by atoms with Crippen molar-refractivity contribution in [3.05, 3.63) is 23.8 Å². The summed E-state index contributed by atoms with van der Waals surface area (Å²) in [5, 5.41) is 0. The molecule has 0 saturated heterocycles. The lowest BCUT2D eigenvalue weighted by molar-refractivity contribution is 0.277. The largest absolute Gasteiger partial charge is 0.490 e. The van der Waals surface area contributed by atoms with Crippen molar-refractivity contribution in [2.75, 3.05) is 19.1 Å². The second-order valence-electron chi connectivity index (χ2n) is 3.46. The molecule has 0 aliphatic carbocycles. The first-order chi connectivity index (χ1) is 7.81. The lowest BCUT2D eigenvalue weighted by Gasteiger charge is -2.12. The molecular formula is C13H19ClO2. The highest BCUT2D eigenvalue weighted by Crippen LogP contribution is 2.28. The molecule has 0 aliphatic heterocycles. The summed E-state index contributed by atoms with van der Waals surface area (Å²) in [5.41, 5.74) is 1.26. The Balaban J connectivity index is 2.72. The number of alkyl halides is 1. The Morgan fingerprint density at radius 3 is 2.56 bits per heavy atom. The molecular weight excluding hydrogens is 224 g/mol. The van der Waals surface area contributed by atoms with E-state index in [2.05, 4.69) is 13.0 Å². The quantitative estimate of drug-likeness (QED) is 0.537. The number of rotatable bonds is 7. The summed E-state index contributed by atoms with van der Waals surface area (Å²) in [5.74, 6) is 2.26. The monoisotopic (exact) mass is 242 g/mol. The third kappa shape index (κ3) is 3.93. The Hall–Kier alpha value is -0.890. The van der Waals surface area contributed by atoms with Gasteiger partial charge in [-0.1, -0.05) is 13.0 Å². The summed E-state index contributed by atoms with van der Waals surface area (Å²) in [6.45, 7) is 5.38. The maximum atomic E-state index is 5.62. The molecule has 1 rings (SSSR count). The van der Waals surface area contributed by atoms with Gasteiger partial charge in [0.15, 0.2) is 11.5 Å². The van der Waals surface area contributed by atoms with Gasteiger partial charge >= 0.3 is 0 Å². The molecule has 1 aromatic carbocycles. The zero-order valence-electron chi connectivity index (χ0n) is 9.96. The summed E-state index contributed by atoms with van der Waals surface area (Å²) in [6.07, 6.45) is 1.85. The van der Waals surface area contributed by atoms with Crippen LogP contribution in [0, 0.1) is 0 Å². The molecule has 1 aromatic rings. The zero-order chi connectivity index (χ0) is 11.8. The third-order valence-electron chi connectivity index (χ3n) is 2.25. The van der Waals surface area contributed by atoms with Crippen molar-refractivity contribution in [2.45, 2.75) is 26.7 Å². The summed E-state index contributed by atoms with van der Waals surface area (Å²) >= 11 is 5.61. The van der Waals surface area contributed by atoms with Gasteiger partial charge in [0.25, 0.3) is 0 Å². The topological polar surface area (TPSA) is 18.5 Å². The molecule has 0 heterocycles. The third-order valence-corrected chi connectivity index (χ3v) is 2.52. The number of benzene rings is 1. The molecule has 3 heteroatoms. The molecule has 0 amide bonds. The smallest absolute Gasteiger partial charge is 0.161 e. The SMILES string of the molecule is CCOc1cc(CC)ccc1OCCCCl. The Kier molecular flexibility index (Phi) is 6.09. The van der Waals surface area contributed by atoms with E-state index in [0.717, 1.165) is 24.3 Å². The average Bonchev–Trinajstić information content (AvgIpc) is 2.31. The molecule has 0 spiro atoms. The molecule has 0 radical (unpaired) electrons.